The Hall–Kier alpha value is -3.84. The fourth-order valence-electron chi connectivity index (χ4n) is 4.58. The van der Waals surface area contributed by atoms with Crippen molar-refractivity contribution in [3.63, 3.8) is 0 Å². The minimum atomic E-state index is 0.132. The van der Waals surface area contributed by atoms with Crippen molar-refractivity contribution >= 4 is 11.2 Å². The maximum absolute atomic E-state index is 9.35. The summed E-state index contributed by atoms with van der Waals surface area (Å²) in [7, 11) is 1.86. The third-order valence-electron chi connectivity index (χ3n) is 6.53. The second-order valence-electron chi connectivity index (χ2n) is 9.09. The molecule has 4 aromatic rings. The van der Waals surface area contributed by atoms with E-state index in [0.29, 0.717) is 41.2 Å². The van der Waals surface area contributed by atoms with Crippen LogP contribution in [0.15, 0.2) is 28.9 Å². The fraction of sp³-hybridized carbons (Fsp3) is 0.440. The maximum atomic E-state index is 9.35. The maximum Gasteiger partial charge on any atom is 0.234 e. The highest BCUT2D eigenvalue weighted by atomic mass is 16.5. The highest BCUT2D eigenvalue weighted by Gasteiger charge is 2.21. The highest BCUT2D eigenvalue weighted by molar-refractivity contribution is 5.87. The van der Waals surface area contributed by atoms with Crippen molar-refractivity contribution in [2.24, 2.45) is 13.0 Å². The molecule has 1 aromatic carbocycles. The van der Waals surface area contributed by atoms with Crippen LogP contribution < -0.4 is 4.74 Å². The summed E-state index contributed by atoms with van der Waals surface area (Å²) in [6.45, 7) is 7.32. The Morgan fingerprint density at radius 2 is 2.00 bits per heavy atom. The molecule has 1 fully saturated rings. The van der Waals surface area contributed by atoms with Crippen molar-refractivity contribution < 1.29 is 9.15 Å². The molecule has 0 amide bonds. The summed E-state index contributed by atoms with van der Waals surface area (Å²) in [6.07, 6.45) is 5.00. The van der Waals surface area contributed by atoms with E-state index in [4.69, 9.17) is 9.15 Å². The minimum Gasteiger partial charge on any atom is -0.493 e. The Kier molecular flexibility index (Phi) is 6.42. The molecule has 10 heteroatoms. The molecular weight excluding hydrogens is 444 g/mol. The number of hydrogen-bond donors (Lipinski definition) is 0. The third-order valence-corrected chi connectivity index (χ3v) is 6.53. The lowest BCUT2D eigenvalue weighted by Gasteiger charge is -2.30. The predicted molar refractivity (Wildman–Crippen MR) is 128 cm³/mol. The average Bonchev–Trinajstić information content (AvgIpc) is 3.45. The van der Waals surface area contributed by atoms with Gasteiger partial charge in [-0.1, -0.05) is 0 Å². The van der Waals surface area contributed by atoms with Crippen molar-refractivity contribution in [2.75, 3.05) is 19.7 Å². The average molecular weight is 473 g/mol. The first-order valence-electron chi connectivity index (χ1n) is 11.8. The Bertz CT molecular complexity index is 1380. The van der Waals surface area contributed by atoms with Crippen LogP contribution in [0.4, 0.5) is 0 Å². The van der Waals surface area contributed by atoms with Gasteiger partial charge in [-0.2, -0.15) is 10.2 Å². The van der Waals surface area contributed by atoms with Gasteiger partial charge in [0.1, 0.15) is 23.0 Å². The molecule has 4 heterocycles. The van der Waals surface area contributed by atoms with Gasteiger partial charge in [-0.05, 0) is 69.0 Å². The van der Waals surface area contributed by atoms with Crippen LogP contribution in [-0.2, 0) is 13.6 Å². The summed E-state index contributed by atoms with van der Waals surface area (Å²) < 4.78 is 13.4. The number of hydrogen-bond acceptors (Lipinski definition) is 9. The van der Waals surface area contributed by atoms with Crippen molar-refractivity contribution in [3.05, 3.63) is 47.7 Å². The van der Waals surface area contributed by atoms with Crippen LogP contribution >= 0.6 is 0 Å². The molecule has 1 aliphatic rings. The van der Waals surface area contributed by atoms with Crippen molar-refractivity contribution in [1.29, 1.82) is 5.26 Å². The lowest BCUT2D eigenvalue weighted by atomic mass is 9.94. The van der Waals surface area contributed by atoms with Crippen LogP contribution in [0.2, 0.25) is 0 Å². The van der Waals surface area contributed by atoms with E-state index in [1.165, 1.54) is 0 Å². The molecule has 0 unspecified atom stereocenters. The van der Waals surface area contributed by atoms with Gasteiger partial charge in [0, 0.05) is 19.5 Å². The number of fused-ring (bicyclic) bond motifs is 1. The van der Waals surface area contributed by atoms with E-state index in [2.05, 4.69) is 30.0 Å². The number of nitrogens with zero attached hydrogens (tertiary/aromatic N) is 8. The number of rotatable bonds is 7. The van der Waals surface area contributed by atoms with E-state index < -0.39 is 0 Å². The zero-order valence-electron chi connectivity index (χ0n) is 20.2. The minimum absolute atomic E-state index is 0.132. The number of imidazole rings is 1. The van der Waals surface area contributed by atoms with Crippen LogP contribution in [0, 0.1) is 31.1 Å². The molecule has 1 saturated heterocycles. The molecule has 5 rings (SSSR count). The molecule has 35 heavy (non-hydrogen) atoms. The molecule has 0 radical (unpaired) electrons. The normalized spacial score (nSPS) is 14.9. The molecule has 0 spiro atoms. The summed E-state index contributed by atoms with van der Waals surface area (Å²) in [5.41, 5.74) is 3.89. The molecule has 1 aliphatic heterocycles. The summed E-state index contributed by atoms with van der Waals surface area (Å²) in [4.78, 5) is 15.5. The first-order valence-corrected chi connectivity index (χ1v) is 11.8. The first-order chi connectivity index (χ1) is 17.0. The lowest BCUT2D eigenvalue weighted by molar-refractivity contribution is 0.147. The third kappa shape index (κ3) is 5.00. The Labute approximate surface area is 203 Å². The number of ether oxygens (including phenoxy) is 1. The largest absolute Gasteiger partial charge is 0.493 e. The van der Waals surface area contributed by atoms with Crippen LogP contribution in [0.3, 0.4) is 0 Å². The molecule has 0 bridgehead atoms. The van der Waals surface area contributed by atoms with Crippen LogP contribution in [-0.4, -0.2) is 54.3 Å². The van der Waals surface area contributed by atoms with Gasteiger partial charge < -0.3 is 13.7 Å². The Morgan fingerprint density at radius 1 is 1.17 bits per heavy atom. The monoisotopic (exact) mass is 472 g/mol. The molecule has 0 atom stereocenters. The molecule has 3 aromatic heterocycles. The predicted octanol–water partition coefficient (Wildman–Crippen LogP) is 3.58. The molecule has 0 aliphatic carbocycles. The number of likely N-dealkylation sites (tertiary alicyclic amines) is 1. The number of piperidine rings is 1. The molecule has 10 nitrogen and oxygen atoms in total. The van der Waals surface area contributed by atoms with Gasteiger partial charge >= 0.3 is 0 Å². The second-order valence-corrected chi connectivity index (χ2v) is 9.09. The van der Waals surface area contributed by atoms with E-state index >= 15 is 0 Å². The van der Waals surface area contributed by atoms with E-state index in [1.807, 2.05) is 45.2 Å². The Morgan fingerprint density at radius 3 is 2.71 bits per heavy atom. The Balaban J connectivity index is 1.17. The smallest absolute Gasteiger partial charge is 0.234 e. The van der Waals surface area contributed by atoms with Crippen molar-refractivity contribution in [1.82, 2.24) is 34.6 Å². The standard InChI is InChI=1S/C25H28N8O2/c1-16-12-19(23-24-25(32(3)15-27-24)29-21(13-26)28-23)4-5-20(16)34-11-8-18-6-9-33(10-7-18)14-22-31-30-17(2)35-22/h4-5,12,15,18H,6-11,14H2,1-3H3. The summed E-state index contributed by atoms with van der Waals surface area (Å²) in [5.74, 6) is 2.96. The first kappa shape index (κ1) is 22.9. The van der Waals surface area contributed by atoms with E-state index in [9.17, 15) is 5.26 Å². The number of aryl methyl sites for hydroxylation is 3. The second kappa shape index (κ2) is 9.80. The number of benzene rings is 1. The van der Waals surface area contributed by atoms with Crippen LogP contribution in [0.25, 0.3) is 22.4 Å². The van der Waals surface area contributed by atoms with Gasteiger partial charge in [-0.15, -0.1) is 10.2 Å². The molecule has 180 valence electrons. The van der Waals surface area contributed by atoms with Gasteiger partial charge in [-0.3, -0.25) is 4.90 Å². The molecule has 0 saturated carbocycles. The van der Waals surface area contributed by atoms with Gasteiger partial charge in [0.2, 0.25) is 17.6 Å². The number of nitriles is 1. The van der Waals surface area contributed by atoms with Crippen LogP contribution in [0.5, 0.6) is 5.75 Å². The topological polar surface area (TPSA) is 119 Å². The quantitative estimate of drug-likeness (QED) is 0.397. The van der Waals surface area contributed by atoms with E-state index in [0.717, 1.165) is 55.8 Å². The fourth-order valence-corrected chi connectivity index (χ4v) is 4.58. The van der Waals surface area contributed by atoms with Gasteiger partial charge in [-0.25, -0.2) is 9.97 Å². The summed E-state index contributed by atoms with van der Waals surface area (Å²) in [5, 5.41) is 17.3. The van der Waals surface area contributed by atoms with Gasteiger partial charge in [0.15, 0.2) is 5.65 Å². The van der Waals surface area contributed by atoms with Crippen molar-refractivity contribution in [3.8, 4) is 23.1 Å². The van der Waals surface area contributed by atoms with Gasteiger partial charge in [0.25, 0.3) is 0 Å². The highest BCUT2D eigenvalue weighted by Crippen LogP contribution is 2.30. The zero-order valence-corrected chi connectivity index (χ0v) is 20.2. The molecular formula is C25H28N8O2. The van der Waals surface area contributed by atoms with E-state index in [-0.39, 0.29) is 5.82 Å². The number of aromatic nitrogens is 6. The van der Waals surface area contributed by atoms with Gasteiger partial charge in [0.05, 0.1) is 19.5 Å². The zero-order chi connectivity index (χ0) is 24.4. The van der Waals surface area contributed by atoms with Crippen molar-refractivity contribution in [2.45, 2.75) is 39.7 Å². The lowest BCUT2D eigenvalue weighted by Crippen LogP contribution is -2.33. The molecule has 0 N–H and O–H groups in total. The SMILES string of the molecule is Cc1nnc(CN2CCC(CCOc3ccc(-c4nc(C#N)nc5c4ncn5C)cc3C)CC2)o1. The van der Waals surface area contributed by atoms with E-state index in [1.54, 1.807) is 10.9 Å². The van der Waals surface area contributed by atoms with Crippen LogP contribution in [0.1, 0.15) is 42.4 Å². The summed E-state index contributed by atoms with van der Waals surface area (Å²) in [6, 6.07) is 8.02. The summed E-state index contributed by atoms with van der Waals surface area (Å²) >= 11 is 0.